The molecule has 158 valence electrons. The normalized spacial score (nSPS) is 22.6. The zero-order valence-corrected chi connectivity index (χ0v) is 20.6. The lowest BCUT2D eigenvalue weighted by Gasteiger charge is -2.39. The van der Waals surface area contributed by atoms with E-state index < -0.39 is 0 Å². The molecule has 0 aliphatic carbocycles. The number of pyridine rings is 1. The van der Waals surface area contributed by atoms with Gasteiger partial charge in [0, 0.05) is 49.4 Å². The summed E-state index contributed by atoms with van der Waals surface area (Å²) < 4.78 is 5.91. The Labute approximate surface area is 190 Å². The van der Waals surface area contributed by atoms with Crippen molar-refractivity contribution < 1.29 is 4.74 Å². The van der Waals surface area contributed by atoms with Crippen molar-refractivity contribution >= 4 is 47.5 Å². The number of hydrogen-bond acceptors (Lipinski definition) is 5. The standard InChI is InChI=1S/C20H33N5OS.HI/c1-5-21-19(25-9-11-27-20(3,4)15-25)23-13-17-6-7-22-18(12-17)24-8-10-26-16(2)14-24;/h6-7,12,16H,5,8-11,13-15H2,1-4H3,(H,21,23);1H. The number of aromatic nitrogens is 1. The first-order valence-electron chi connectivity index (χ1n) is 9.95. The molecule has 2 aliphatic rings. The van der Waals surface area contributed by atoms with Crippen molar-refractivity contribution in [3.05, 3.63) is 23.9 Å². The number of ether oxygens (including phenoxy) is 1. The summed E-state index contributed by atoms with van der Waals surface area (Å²) in [5, 5.41) is 3.47. The number of guanidine groups is 1. The van der Waals surface area contributed by atoms with E-state index in [1.807, 2.05) is 18.0 Å². The molecule has 0 spiro atoms. The highest BCUT2D eigenvalue weighted by Gasteiger charge is 2.28. The van der Waals surface area contributed by atoms with Gasteiger partial charge < -0.3 is 19.9 Å². The van der Waals surface area contributed by atoms with E-state index in [0.717, 1.165) is 56.9 Å². The molecule has 1 aromatic heterocycles. The van der Waals surface area contributed by atoms with Crippen molar-refractivity contribution in [3.8, 4) is 0 Å². The molecule has 8 heteroatoms. The van der Waals surface area contributed by atoms with Gasteiger partial charge in [0.1, 0.15) is 5.82 Å². The maximum absolute atomic E-state index is 5.64. The number of aliphatic imine (C=N–C) groups is 1. The average Bonchev–Trinajstić information content (AvgIpc) is 2.64. The van der Waals surface area contributed by atoms with Gasteiger partial charge >= 0.3 is 0 Å². The lowest BCUT2D eigenvalue weighted by molar-refractivity contribution is 0.0529. The lowest BCUT2D eigenvalue weighted by Crippen LogP contribution is -2.50. The largest absolute Gasteiger partial charge is 0.375 e. The predicted octanol–water partition coefficient (Wildman–Crippen LogP) is 3.22. The molecular formula is C20H34IN5OS. The molecule has 1 unspecified atom stereocenters. The molecule has 1 atom stereocenters. The van der Waals surface area contributed by atoms with Crippen molar-refractivity contribution in [3.63, 3.8) is 0 Å². The Morgan fingerprint density at radius 1 is 1.43 bits per heavy atom. The van der Waals surface area contributed by atoms with Crippen molar-refractivity contribution in [1.29, 1.82) is 0 Å². The van der Waals surface area contributed by atoms with E-state index in [4.69, 9.17) is 9.73 Å². The Kier molecular flexibility index (Phi) is 9.14. The van der Waals surface area contributed by atoms with E-state index in [2.05, 4.69) is 59.9 Å². The molecule has 3 heterocycles. The molecule has 0 aromatic carbocycles. The maximum atomic E-state index is 5.64. The third kappa shape index (κ3) is 6.66. The summed E-state index contributed by atoms with van der Waals surface area (Å²) in [7, 11) is 0. The van der Waals surface area contributed by atoms with Crippen LogP contribution in [0.5, 0.6) is 0 Å². The minimum atomic E-state index is 0. The van der Waals surface area contributed by atoms with Crippen LogP contribution in [0.15, 0.2) is 23.3 Å². The number of nitrogens with zero attached hydrogens (tertiary/aromatic N) is 4. The van der Waals surface area contributed by atoms with E-state index in [9.17, 15) is 0 Å². The van der Waals surface area contributed by atoms with Crippen LogP contribution in [0.25, 0.3) is 0 Å². The molecule has 6 nitrogen and oxygen atoms in total. The number of morpholine rings is 1. The van der Waals surface area contributed by atoms with Gasteiger partial charge in [-0.25, -0.2) is 9.98 Å². The van der Waals surface area contributed by atoms with Gasteiger partial charge in [-0.3, -0.25) is 0 Å². The number of halogens is 1. The highest BCUT2D eigenvalue weighted by atomic mass is 127. The minimum Gasteiger partial charge on any atom is -0.375 e. The molecule has 28 heavy (non-hydrogen) atoms. The summed E-state index contributed by atoms with van der Waals surface area (Å²) in [4.78, 5) is 14.2. The van der Waals surface area contributed by atoms with Gasteiger partial charge in [-0.1, -0.05) is 0 Å². The summed E-state index contributed by atoms with van der Waals surface area (Å²) in [5.74, 6) is 3.19. The predicted molar refractivity (Wildman–Crippen MR) is 130 cm³/mol. The molecular weight excluding hydrogens is 485 g/mol. The first-order chi connectivity index (χ1) is 13.0. The third-order valence-corrected chi connectivity index (χ3v) is 6.14. The van der Waals surface area contributed by atoms with E-state index in [1.54, 1.807) is 0 Å². The Bertz CT molecular complexity index is 657. The molecule has 0 bridgehead atoms. The van der Waals surface area contributed by atoms with E-state index in [-0.39, 0.29) is 34.8 Å². The summed E-state index contributed by atoms with van der Waals surface area (Å²) in [5.41, 5.74) is 1.19. The summed E-state index contributed by atoms with van der Waals surface area (Å²) in [6.45, 7) is 15.0. The number of anilines is 1. The molecule has 0 saturated carbocycles. The zero-order chi connectivity index (χ0) is 19.3. The van der Waals surface area contributed by atoms with Crippen molar-refractivity contribution in [2.75, 3.05) is 50.0 Å². The van der Waals surface area contributed by atoms with Crippen LogP contribution < -0.4 is 10.2 Å². The van der Waals surface area contributed by atoms with Gasteiger partial charge in [0.2, 0.25) is 0 Å². The summed E-state index contributed by atoms with van der Waals surface area (Å²) >= 11 is 2.04. The third-order valence-electron chi connectivity index (χ3n) is 4.85. The zero-order valence-electron chi connectivity index (χ0n) is 17.5. The van der Waals surface area contributed by atoms with Crippen molar-refractivity contribution in [2.24, 2.45) is 4.99 Å². The minimum absolute atomic E-state index is 0. The summed E-state index contributed by atoms with van der Waals surface area (Å²) in [6.07, 6.45) is 2.15. The first kappa shape index (κ1) is 23.5. The first-order valence-corrected chi connectivity index (χ1v) is 10.9. The number of thioether (sulfide) groups is 1. The second-order valence-electron chi connectivity index (χ2n) is 7.85. The molecule has 2 aliphatic heterocycles. The molecule has 1 aromatic rings. The van der Waals surface area contributed by atoms with E-state index in [1.165, 1.54) is 5.56 Å². The van der Waals surface area contributed by atoms with Crippen LogP contribution in [0.3, 0.4) is 0 Å². The number of rotatable bonds is 4. The number of hydrogen-bond donors (Lipinski definition) is 1. The Hall–Kier alpha value is -0.740. The van der Waals surface area contributed by atoms with Crippen molar-refractivity contribution in [2.45, 2.75) is 45.1 Å². The highest BCUT2D eigenvalue weighted by Crippen LogP contribution is 2.29. The van der Waals surface area contributed by atoms with Gasteiger partial charge in [0.15, 0.2) is 5.96 Å². The lowest BCUT2D eigenvalue weighted by atomic mass is 10.2. The van der Waals surface area contributed by atoms with Gasteiger partial charge in [-0.05, 0) is 45.4 Å². The smallest absolute Gasteiger partial charge is 0.194 e. The highest BCUT2D eigenvalue weighted by molar-refractivity contribution is 14.0. The number of nitrogens with one attached hydrogen (secondary N) is 1. The van der Waals surface area contributed by atoms with Crippen molar-refractivity contribution in [1.82, 2.24) is 15.2 Å². The van der Waals surface area contributed by atoms with Crippen LogP contribution in [0.2, 0.25) is 0 Å². The Balaban J connectivity index is 0.00000280. The second kappa shape index (κ2) is 10.9. The quantitative estimate of drug-likeness (QED) is 0.375. The molecule has 2 fully saturated rings. The van der Waals surface area contributed by atoms with E-state index >= 15 is 0 Å². The average molecular weight is 519 g/mol. The van der Waals surface area contributed by atoms with Crippen LogP contribution in [0.1, 0.15) is 33.3 Å². The van der Waals surface area contributed by atoms with Crippen LogP contribution in [-0.4, -0.2) is 71.8 Å². The van der Waals surface area contributed by atoms with Gasteiger partial charge in [0.25, 0.3) is 0 Å². The summed E-state index contributed by atoms with van der Waals surface area (Å²) in [6, 6.07) is 4.23. The second-order valence-corrected chi connectivity index (χ2v) is 9.65. The molecule has 3 rings (SSSR count). The molecule has 1 N–H and O–H groups in total. The maximum Gasteiger partial charge on any atom is 0.194 e. The molecule has 0 radical (unpaired) electrons. The fourth-order valence-corrected chi connectivity index (χ4v) is 4.66. The monoisotopic (exact) mass is 519 g/mol. The van der Waals surface area contributed by atoms with Crippen LogP contribution in [0, 0.1) is 0 Å². The van der Waals surface area contributed by atoms with Crippen LogP contribution >= 0.6 is 35.7 Å². The fraction of sp³-hybridized carbons (Fsp3) is 0.700. The van der Waals surface area contributed by atoms with E-state index in [0.29, 0.717) is 6.54 Å². The van der Waals surface area contributed by atoms with Gasteiger partial charge in [0.05, 0.1) is 19.3 Å². The Morgan fingerprint density at radius 3 is 2.96 bits per heavy atom. The Morgan fingerprint density at radius 2 is 2.25 bits per heavy atom. The SMILES string of the molecule is CCNC(=NCc1ccnc(N2CCOC(C)C2)c1)N1CCSC(C)(C)C1.I. The van der Waals surface area contributed by atoms with Crippen LogP contribution in [-0.2, 0) is 11.3 Å². The topological polar surface area (TPSA) is 53.0 Å². The fourth-order valence-electron chi connectivity index (χ4n) is 3.55. The molecule has 2 saturated heterocycles. The van der Waals surface area contributed by atoms with Gasteiger partial charge in [-0.15, -0.1) is 24.0 Å². The van der Waals surface area contributed by atoms with Gasteiger partial charge in [-0.2, -0.15) is 11.8 Å². The molecule has 0 amide bonds. The van der Waals surface area contributed by atoms with Crippen LogP contribution in [0.4, 0.5) is 5.82 Å².